The fourth-order valence-electron chi connectivity index (χ4n) is 3.41. The lowest BCUT2D eigenvalue weighted by molar-refractivity contribution is -0.0219. The zero-order valence-electron chi connectivity index (χ0n) is 21.9. The van der Waals surface area contributed by atoms with Crippen LogP contribution in [0.4, 0.5) is 9.59 Å². The first-order chi connectivity index (χ1) is 15.6. The minimum absolute atomic E-state index is 0.0252. The van der Waals surface area contributed by atoms with Crippen LogP contribution in [0.25, 0.3) is 0 Å². The molecule has 0 aliphatic heterocycles. The van der Waals surface area contributed by atoms with Gasteiger partial charge in [-0.3, -0.25) is 0 Å². The molecule has 8 nitrogen and oxygen atoms in total. The van der Waals surface area contributed by atoms with E-state index in [1.54, 1.807) is 41.5 Å². The summed E-state index contributed by atoms with van der Waals surface area (Å²) in [4.78, 5) is 24.8. The maximum absolute atomic E-state index is 12.4. The number of aliphatic hydroxyl groups is 2. The minimum Gasteiger partial charge on any atom is -0.444 e. The number of amides is 2. The Morgan fingerprint density at radius 2 is 1.38 bits per heavy atom. The molecule has 0 radical (unpaired) electrons. The first-order valence-electron chi connectivity index (χ1n) is 12.0. The first kappa shape index (κ1) is 29.7. The van der Waals surface area contributed by atoms with E-state index in [2.05, 4.69) is 10.6 Å². The van der Waals surface area contributed by atoms with Gasteiger partial charge in [0.2, 0.25) is 0 Å². The Labute approximate surface area is 204 Å². The second-order valence-corrected chi connectivity index (χ2v) is 10.9. The number of ether oxygens (including phenoxy) is 2. The maximum atomic E-state index is 12.4. The van der Waals surface area contributed by atoms with Crippen LogP contribution in [0.1, 0.15) is 86.3 Å². The summed E-state index contributed by atoms with van der Waals surface area (Å²) in [7, 11) is 0. The average molecular weight is 481 g/mol. The number of benzene rings is 1. The predicted octanol–water partition coefficient (Wildman–Crippen LogP) is 4.69. The Balaban J connectivity index is 3.03. The second-order valence-electron chi connectivity index (χ2n) is 10.9. The molecule has 5 atom stereocenters. The van der Waals surface area contributed by atoms with Crippen molar-refractivity contribution in [1.82, 2.24) is 10.6 Å². The van der Waals surface area contributed by atoms with Crippen LogP contribution in [-0.2, 0) is 9.47 Å². The number of aliphatic hydroxyl groups excluding tert-OH is 2. The van der Waals surface area contributed by atoms with Gasteiger partial charge in [-0.05, 0) is 59.4 Å². The lowest BCUT2D eigenvalue weighted by Gasteiger charge is -2.32. The van der Waals surface area contributed by atoms with E-state index in [0.717, 1.165) is 12.0 Å². The van der Waals surface area contributed by atoms with Gasteiger partial charge in [0.1, 0.15) is 17.3 Å². The largest absolute Gasteiger partial charge is 0.444 e. The summed E-state index contributed by atoms with van der Waals surface area (Å²) < 4.78 is 10.7. The van der Waals surface area contributed by atoms with Crippen molar-refractivity contribution in [2.75, 3.05) is 0 Å². The second kappa shape index (κ2) is 13.0. The summed E-state index contributed by atoms with van der Waals surface area (Å²) in [5, 5.41) is 27.5. The van der Waals surface area contributed by atoms with Gasteiger partial charge in [-0.2, -0.15) is 0 Å². The molecule has 0 heterocycles. The summed E-state index contributed by atoms with van der Waals surface area (Å²) >= 11 is 0. The number of hydrogen-bond acceptors (Lipinski definition) is 6. The highest BCUT2D eigenvalue weighted by Gasteiger charge is 2.33. The summed E-state index contributed by atoms with van der Waals surface area (Å²) in [5.41, 5.74) is -0.606. The summed E-state index contributed by atoms with van der Waals surface area (Å²) in [6, 6.07) is 7.85. The number of carbonyl (C=O) groups is 2. The van der Waals surface area contributed by atoms with Gasteiger partial charge in [-0.15, -0.1) is 0 Å². The first-order valence-corrected chi connectivity index (χ1v) is 12.0. The molecular formula is C26H44N2O6. The van der Waals surface area contributed by atoms with Crippen LogP contribution in [-0.4, -0.2) is 51.9 Å². The number of rotatable bonds is 10. The molecule has 0 saturated carbocycles. The van der Waals surface area contributed by atoms with Gasteiger partial charge < -0.3 is 30.3 Å². The van der Waals surface area contributed by atoms with Crippen LogP contribution in [0.2, 0.25) is 0 Å². The molecule has 1 aromatic carbocycles. The normalized spacial score (nSPS) is 16.5. The fourth-order valence-corrected chi connectivity index (χ4v) is 3.41. The van der Waals surface area contributed by atoms with E-state index in [4.69, 9.17) is 9.47 Å². The molecule has 0 unspecified atom stereocenters. The molecule has 8 heteroatoms. The van der Waals surface area contributed by atoms with E-state index in [-0.39, 0.29) is 12.3 Å². The summed E-state index contributed by atoms with van der Waals surface area (Å²) in [6.07, 6.45) is -2.44. The summed E-state index contributed by atoms with van der Waals surface area (Å²) in [6.45, 7) is 14.6. The van der Waals surface area contributed by atoms with Gasteiger partial charge >= 0.3 is 12.2 Å². The third kappa shape index (κ3) is 11.7. The van der Waals surface area contributed by atoms with Crippen LogP contribution in [0.15, 0.2) is 30.3 Å². The maximum Gasteiger partial charge on any atom is 0.408 e. The standard InChI is InChI=1S/C26H44N2O6/c1-9-17(2)15-20(28-24(32)34-26(6,7)8)22(30)21(29)16-19(18-13-11-10-12-14-18)27-23(31)33-25(3,4)5/h10-14,17,19-22,29-30H,9,15-16H2,1-8H3,(H,27,31)(H,28,32)/t17-,19-,20-,21-,22-/m0/s1. The zero-order valence-corrected chi connectivity index (χ0v) is 21.9. The van der Waals surface area contributed by atoms with Crippen molar-refractivity contribution in [1.29, 1.82) is 0 Å². The van der Waals surface area contributed by atoms with Gasteiger partial charge in [0, 0.05) is 6.42 Å². The predicted molar refractivity (Wildman–Crippen MR) is 132 cm³/mol. The molecule has 1 rings (SSSR count). The molecule has 2 amide bonds. The molecule has 1 aromatic rings. The summed E-state index contributed by atoms with van der Waals surface area (Å²) in [5.74, 6) is 0.201. The number of alkyl carbamates (subject to hydrolysis) is 2. The van der Waals surface area contributed by atoms with E-state index in [1.807, 2.05) is 44.2 Å². The highest BCUT2D eigenvalue weighted by Crippen LogP contribution is 2.24. The molecule has 194 valence electrons. The van der Waals surface area contributed by atoms with Crippen molar-refractivity contribution >= 4 is 12.2 Å². The smallest absolute Gasteiger partial charge is 0.408 e. The Bertz CT molecular complexity index is 757. The van der Waals surface area contributed by atoms with E-state index in [1.165, 1.54) is 0 Å². The van der Waals surface area contributed by atoms with E-state index >= 15 is 0 Å². The number of hydrogen-bond donors (Lipinski definition) is 4. The average Bonchev–Trinajstić information content (AvgIpc) is 2.69. The lowest BCUT2D eigenvalue weighted by Crippen LogP contribution is -2.51. The van der Waals surface area contributed by atoms with Crippen LogP contribution in [0, 0.1) is 5.92 Å². The highest BCUT2D eigenvalue weighted by molar-refractivity contribution is 5.68. The van der Waals surface area contributed by atoms with Gasteiger partial charge in [0.25, 0.3) is 0 Å². The van der Waals surface area contributed by atoms with E-state index < -0.39 is 47.7 Å². The molecule has 0 aromatic heterocycles. The van der Waals surface area contributed by atoms with Gasteiger partial charge in [-0.25, -0.2) is 9.59 Å². The van der Waals surface area contributed by atoms with Crippen LogP contribution >= 0.6 is 0 Å². The molecular weight excluding hydrogens is 436 g/mol. The minimum atomic E-state index is -1.27. The zero-order chi connectivity index (χ0) is 26.1. The molecule has 0 spiro atoms. The van der Waals surface area contributed by atoms with Crippen molar-refractivity contribution in [3.8, 4) is 0 Å². The highest BCUT2D eigenvalue weighted by atomic mass is 16.6. The third-order valence-electron chi connectivity index (χ3n) is 5.23. The van der Waals surface area contributed by atoms with Crippen LogP contribution in [0.5, 0.6) is 0 Å². The van der Waals surface area contributed by atoms with Crippen molar-refractivity contribution < 1.29 is 29.3 Å². The SMILES string of the molecule is CC[C@H](C)C[C@H](NC(=O)OC(C)(C)C)[C@H](O)[C@@H](O)C[C@H](NC(=O)OC(C)(C)C)c1ccccc1. The molecule has 0 aliphatic rings. The van der Waals surface area contributed by atoms with Gasteiger partial charge in [-0.1, -0.05) is 50.6 Å². The molecule has 0 fully saturated rings. The number of nitrogens with one attached hydrogen (secondary N) is 2. The van der Waals surface area contributed by atoms with Gasteiger partial charge in [0.15, 0.2) is 0 Å². The van der Waals surface area contributed by atoms with Crippen molar-refractivity contribution in [2.45, 2.75) is 110 Å². The van der Waals surface area contributed by atoms with Crippen molar-refractivity contribution in [3.05, 3.63) is 35.9 Å². The van der Waals surface area contributed by atoms with Crippen LogP contribution < -0.4 is 10.6 Å². The Hall–Kier alpha value is -2.32. The van der Waals surface area contributed by atoms with E-state index in [0.29, 0.717) is 6.42 Å². The number of carbonyl (C=O) groups excluding carboxylic acids is 2. The Kier molecular flexibility index (Phi) is 11.3. The van der Waals surface area contributed by atoms with E-state index in [9.17, 15) is 19.8 Å². The molecule has 0 bridgehead atoms. The molecule has 34 heavy (non-hydrogen) atoms. The lowest BCUT2D eigenvalue weighted by atomic mass is 9.90. The van der Waals surface area contributed by atoms with Crippen molar-refractivity contribution in [2.24, 2.45) is 5.92 Å². The Morgan fingerprint density at radius 3 is 1.85 bits per heavy atom. The molecule has 0 aliphatic carbocycles. The topological polar surface area (TPSA) is 117 Å². The van der Waals surface area contributed by atoms with Crippen molar-refractivity contribution in [3.63, 3.8) is 0 Å². The fraction of sp³-hybridized carbons (Fsp3) is 0.692. The monoisotopic (exact) mass is 480 g/mol. The third-order valence-corrected chi connectivity index (χ3v) is 5.23. The quantitative estimate of drug-likeness (QED) is 0.386. The van der Waals surface area contributed by atoms with Crippen LogP contribution in [0.3, 0.4) is 0 Å². The molecule has 0 saturated heterocycles. The van der Waals surface area contributed by atoms with Gasteiger partial charge in [0.05, 0.1) is 18.2 Å². The Morgan fingerprint density at radius 1 is 0.882 bits per heavy atom. The molecule has 4 N–H and O–H groups in total.